The standard InChI is InChI=1S/C12H11BrFNOS/c1-8-7-17-11(15-8)6-16-12-9(5-13)3-2-4-10(12)14/h2-4,7H,5-6H2,1H3. The number of alkyl halides is 1. The molecule has 0 atom stereocenters. The van der Waals surface area contributed by atoms with E-state index in [1.165, 1.54) is 17.4 Å². The van der Waals surface area contributed by atoms with Crippen molar-refractivity contribution in [2.75, 3.05) is 0 Å². The topological polar surface area (TPSA) is 22.1 Å². The zero-order valence-electron chi connectivity index (χ0n) is 9.24. The first kappa shape index (κ1) is 12.5. The van der Waals surface area contributed by atoms with E-state index < -0.39 is 0 Å². The van der Waals surface area contributed by atoms with E-state index in [-0.39, 0.29) is 5.82 Å². The van der Waals surface area contributed by atoms with Crippen molar-refractivity contribution in [3.63, 3.8) is 0 Å². The molecule has 17 heavy (non-hydrogen) atoms. The summed E-state index contributed by atoms with van der Waals surface area (Å²) in [4.78, 5) is 4.27. The first-order valence-corrected chi connectivity index (χ1v) is 7.08. The van der Waals surface area contributed by atoms with Crippen molar-refractivity contribution in [3.05, 3.63) is 45.7 Å². The van der Waals surface area contributed by atoms with Gasteiger partial charge in [0.15, 0.2) is 11.6 Å². The maximum atomic E-state index is 13.6. The number of hydrogen-bond acceptors (Lipinski definition) is 3. The van der Waals surface area contributed by atoms with Gasteiger partial charge in [-0.15, -0.1) is 11.3 Å². The highest BCUT2D eigenvalue weighted by molar-refractivity contribution is 9.08. The number of benzene rings is 1. The van der Waals surface area contributed by atoms with Crippen molar-refractivity contribution < 1.29 is 9.13 Å². The van der Waals surface area contributed by atoms with Crippen molar-refractivity contribution in [3.8, 4) is 5.75 Å². The Morgan fingerprint density at radius 3 is 2.94 bits per heavy atom. The Labute approximate surface area is 112 Å². The summed E-state index contributed by atoms with van der Waals surface area (Å²) in [6.45, 7) is 2.23. The zero-order valence-corrected chi connectivity index (χ0v) is 11.6. The van der Waals surface area contributed by atoms with Crippen molar-refractivity contribution in [1.29, 1.82) is 0 Å². The van der Waals surface area contributed by atoms with Gasteiger partial charge in [0.2, 0.25) is 0 Å². The second-order valence-corrected chi connectivity index (χ2v) is 5.04. The van der Waals surface area contributed by atoms with Gasteiger partial charge in [-0.1, -0.05) is 28.1 Å². The van der Waals surface area contributed by atoms with Gasteiger partial charge in [-0.2, -0.15) is 0 Å². The van der Waals surface area contributed by atoms with Gasteiger partial charge in [0.25, 0.3) is 0 Å². The van der Waals surface area contributed by atoms with E-state index in [4.69, 9.17) is 4.74 Å². The number of thiazole rings is 1. The molecule has 0 saturated heterocycles. The average Bonchev–Trinajstić information content (AvgIpc) is 2.73. The molecule has 0 radical (unpaired) electrons. The molecule has 5 heteroatoms. The fourth-order valence-corrected chi connectivity index (χ4v) is 2.55. The van der Waals surface area contributed by atoms with E-state index in [0.29, 0.717) is 17.7 Å². The summed E-state index contributed by atoms with van der Waals surface area (Å²) in [7, 11) is 0. The minimum Gasteiger partial charge on any atom is -0.483 e. The van der Waals surface area contributed by atoms with Crippen LogP contribution in [-0.4, -0.2) is 4.98 Å². The Balaban J connectivity index is 2.13. The van der Waals surface area contributed by atoms with Crippen LogP contribution in [0.3, 0.4) is 0 Å². The maximum absolute atomic E-state index is 13.6. The van der Waals surface area contributed by atoms with Crippen LogP contribution in [0.1, 0.15) is 16.3 Å². The highest BCUT2D eigenvalue weighted by Crippen LogP contribution is 2.26. The minimum absolute atomic E-state index is 0.303. The normalized spacial score (nSPS) is 10.5. The average molecular weight is 316 g/mol. The molecule has 0 unspecified atom stereocenters. The number of ether oxygens (including phenoxy) is 1. The fourth-order valence-electron chi connectivity index (χ4n) is 1.42. The molecule has 90 valence electrons. The lowest BCUT2D eigenvalue weighted by molar-refractivity contribution is 0.287. The van der Waals surface area contributed by atoms with Gasteiger partial charge in [0, 0.05) is 22.0 Å². The van der Waals surface area contributed by atoms with E-state index in [1.807, 2.05) is 18.4 Å². The highest BCUT2D eigenvalue weighted by atomic mass is 79.9. The summed E-state index contributed by atoms with van der Waals surface area (Å²) in [6, 6.07) is 4.90. The lowest BCUT2D eigenvalue weighted by Crippen LogP contribution is -2.00. The molecule has 2 rings (SSSR count). The van der Waals surface area contributed by atoms with Crippen LogP contribution in [0.5, 0.6) is 5.75 Å². The van der Waals surface area contributed by atoms with Gasteiger partial charge in [-0.3, -0.25) is 0 Å². The van der Waals surface area contributed by atoms with Crippen LogP contribution < -0.4 is 4.74 Å². The monoisotopic (exact) mass is 315 g/mol. The molecule has 0 bridgehead atoms. The Morgan fingerprint density at radius 1 is 1.47 bits per heavy atom. The summed E-state index contributed by atoms with van der Waals surface area (Å²) < 4.78 is 19.1. The number of aromatic nitrogens is 1. The molecule has 0 saturated carbocycles. The molecular weight excluding hydrogens is 305 g/mol. The number of nitrogens with zero attached hydrogens (tertiary/aromatic N) is 1. The van der Waals surface area contributed by atoms with Crippen molar-refractivity contribution in [2.24, 2.45) is 0 Å². The molecular formula is C12H11BrFNOS. The predicted octanol–water partition coefficient (Wildman–Crippen LogP) is 4.06. The van der Waals surface area contributed by atoms with E-state index in [0.717, 1.165) is 16.3 Å². The summed E-state index contributed by atoms with van der Waals surface area (Å²) in [5, 5.41) is 3.37. The van der Waals surface area contributed by atoms with E-state index in [2.05, 4.69) is 20.9 Å². The van der Waals surface area contributed by atoms with E-state index in [1.54, 1.807) is 6.07 Å². The van der Waals surface area contributed by atoms with Crippen LogP contribution in [0, 0.1) is 12.7 Å². The lowest BCUT2D eigenvalue weighted by Gasteiger charge is -2.09. The van der Waals surface area contributed by atoms with Gasteiger partial charge < -0.3 is 4.74 Å². The third-order valence-electron chi connectivity index (χ3n) is 2.20. The Bertz CT molecular complexity index is 515. The Morgan fingerprint density at radius 2 is 2.29 bits per heavy atom. The smallest absolute Gasteiger partial charge is 0.165 e. The molecule has 2 aromatic rings. The quantitative estimate of drug-likeness (QED) is 0.794. The summed E-state index contributed by atoms with van der Waals surface area (Å²) in [5.74, 6) is -0.0348. The van der Waals surface area contributed by atoms with E-state index in [9.17, 15) is 4.39 Å². The number of para-hydroxylation sites is 1. The summed E-state index contributed by atoms with van der Waals surface area (Å²) in [5.41, 5.74) is 1.76. The van der Waals surface area contributed by atoms with Crippen LogP contribution in [0.4, 0.5) is 4.39 Å². The largest absolute Gasteiger partial charge is 0.483 e. The van der Waals surface area contributed by atoms with Gasteiger partial charge in [0.05, 0.1) is 0 Å². The molecule has 0 fully saturated rings. The Kier molecular flexibility index (Phi) is 4.12. The minimum atomic E-state index is -0.338. The van der Waals surface area contributed by atoms with Gasteiger partial charge in [-0.05, 0) is 13.0 Å². The maximum Gasteiger partial charge on any atom is 0.165 e. The second-order valence-electron chi connectivity index (χ2n) is 3.53. The molecule has 0 spiro atoms. The van der Waals surface area contributed by atoms with Crippen LogP contribution in [0.2, 0.25) is 0 Å². The van der Waals surface area contributed by atoms with Crippen LogP contribution in [0.15, 0.2) is 23.6 Å². The van der Waals surface area contributed by atoms with E-state index >= 15 is 0 Å². The number of rotatable bonds is 4. The van der Waals surface area contributed by atoms with Gasteiger partial charge in [-0.25, -0.2) is 9.37 Å². The molecule has 0 aliphatic rings. The molecule has 0 amide bonds. The van der Waals surface area contributed by atoms with Gasteiger partial charge in [0.1, 0.15) is 11.6 Å². The molecule has 1 aromatic heterocycles. The zero-order chi connectivity index (χ0) is 12.3. The molecule has 1 aromatic carbocycles. The summed E-state index contributed by atoms with van der Waals surface area (Å²) in [6.07, 6.45) is 0. The molecule has 1 heterocycles. The van der Waals surface area contributed by atoms with Crippen LogP contribution in [0.25, 0.3) is 0 Å². The number of aryl methyl sites for hydroxylation is 1. The first-order chi connectivity index (χ1) is 8.20. The molecule has 2 nitrogen and oxygen atoms in total. The van der Waals surface area contributed by atoms with Crippen molar-refractivity contribution in [2.45, 2.75) is 18.9 Å². The lowest BCUT2D eigenvalue weighted by atomic mass is 10.2. The molecule has 0 aliphatic heterocycles. The van der Waals surface area contributed by atoms with Crippen LogP contribution >= 0.6 is 27.3 Å². The number of hydrogen-bond donors (Lipinski definition) is 0. The third-order valence-corrected chi connectivity index (χ3v) is 3.74. The number of halogens is 2. The van der Waals surface area contributed by atoms with Crippen molar-refractivity contribution >= 4 is 27.3 Å². The third kappa shape index (κ3) is 3.04. The first-order valence-electron chi connectivity index (χ1n) is 5.08. The fraction of sp³-hybridized carbons (Fsp3) is 0.250. The van der Waals surface area contributed by atoms with Crippen molar-refractivity contribution in [1.82, 2.24) is 4.98 Å². The summed E-state index contributed by atoms with van der Waals surface area (Å²) >= 11 is 4.83. The molecule has 0 N–H and O–H groups in total. The van der Waals surface area contributed by atoms with Crippen LogP contribution in [-0.2, 0) is 11.9 Å². The second kappa shape index (κ2) is 5.60. The highest BCUT2D eigenvalue weighted by Gasteiger charge is 2.09. The predicted molar refractivity (Wildman–Crippen MR) is 70.2 cm³/mol. The molecule has 0 aliphatic carbocycles. The Hall–Kier alpha value is -0.940. The SMILES string of the molecule is Cc1csc(COc2c(F)cccc2CBr)n1. The van der Waals surface area contributed by atoms with Gasteiger partial charge >= 0.3 is 0 Å².